The highest BCUT2D eigenvalue weighted by atomic mass is 16.5. The lowest BCUT2D eigenvalue weighted by Gasteiger charge is -2.26. The number of hydrogen-bond acceptors (Lipinski definition) is 4. The minimum Gasteiger partial charge on any atom is -0.495 e. The quantitative estimate of drug-likeness (QED) is 0.768. The number of methoxy groups -OCH3 is 1. The van der Waals surface area contributed by atoms with Crippen LogP contribution in [0.25, 0.3) is 0 Å². The minimum atomic E-state index is -1.05. The van der Waals surface area contributed by atoms with Gasteiger partial charge in [-0.05, 0) is 31.0 Å². The van der Waals surface area contributed by atoms with Crippen LogP contribution < -0.4 is 15.8 Å². The highest BCUT2D eigenvalue weighted by molar-refractivity contribution is 5.98. The van der Waals surface area contributed by atoms with Gasteiger partial charge >= 0.3 is 5.97 Å². The first-order valence-corrected chi connectivity index (χ1v) is 6.95. The van der Waals surface area contributed by atoms with Gasteiger partial charge in [0.15, 0.2) is 0 Å². The van der Waals surface area contributed by atoms with Crippen LogP contribution in [0.15, 0.2) is 18.2 Å². The predicted octanol–water partition coefficient (Wildman–Crippen LogP) is 1.85. The Kier molecular flexibility index (Phi) is 4.47. The van der Waals surface area contributed by atoms with Crippen LogP contribution in [-0.4, -0.2) is 30.6 Å². The molecule has 1 saturated carbocycles. The van der Waals surface area contributed by atoms with E-state index < -0.39 is 11.4 Å². The van der Waals surface area contributed by atoms with Gasteiger partial charge < -0.3 is 20.9 Å². The highest BCUT2D eigenvalue weighted by Gasteiger charge is 2.40. The van der Waals surface area contributed by atoms with E-state index in [1.54, 1.807) is 0 Å². The molecule has 6 heteroatoms. The zero-order valence-electron chi connectivity index (χ0n) is 12.0. The smallest absolute Gasteiger partial charge is 0.335 e. The summed E-state index contributed by atoms with van der Waals surface area (Å²) in [5.74, 6) is -0.788. The second-order valence-electron chi connectivity index (χ2n) is 5.37. The summed E-state index contributed by atoms with van der Waals surface area (Å²) in [5.41, 5.74) is 5.69. The number of aromatic carboxylic acids is 1. The molecule has 0 aromatic heterocycles. The molecule has 1 aromatic carbocycles. The van der Waals surface area contributed by atoms with Crippen molar-refractivity contribution < 1.29 is 19.4 Å². The van der Waals surface area contributed by atoms with Crippen molar-refractivity contribution in [3.05, 3.63) is 23.8 Å². The van der Waals surface area contributed by atoms with Crippen LogP contribution >= 0.6 is 0 Å². The number of nitrogens with one attached hydrogen (secondary N) is 1. The fourth-order valence-corrected chi connectivity index (χ4v) is 2.77. The van der Waals surface area contributed by atoms with Gasteiger partial charge in [0.2, 0.25) is 5.91 Å². The van der Waals surface area contributed by atoms with Gasteiger partial charge in [0, 0.05) is 6.54 Å². The van der Waals surface area contributed by atoms with Gasteiger partial charge in [-0.25, -0.2) is 4.79 Å². The summed E-state index contributed by atoms with van der Waals surface area (Å²) in [6.07, 6.45) is 3.49. The predicted molar refractivity (Wildman–Crippen MR) is 78.5 cm³/mol. The summed E-state index contributed by atoms with van der Waals surface area (Å²) in [5, 5.41) is 11.8. The Morgan fingerprint density at radius 3 is 2.57 bits per heavy atom. The average molecular weight is 292 g/mol. The third kappa shape index (κ3) is 3.00. The number of carbonyl (C=O) groups excluding carboxylic acids is 1. The Labute approximate surface area is 123 Å². The van der Waals surface area contributed by atoms with Crippen molar-refractivity contribution in [2.24, 2.45) is 11.1 Å². The minimum absolute atomic E-state index is 0.0966. The first kappa shape index (κ1) is 15.3. The van der Waals surface area contributed by atoms with Crippen LogP contribution in [-0.2, 0) is 4.79 Å². The zero-order valence-corrected chi connectivity index (χ0v) is 12.0. The molecule has 1 aliphatic rings. The summed E-state index contributed by atoms with van der Waals surface area (Å²) >= 11 is 0. The number of benzene rings is 1. The molecule has 4 N–H and O–H groups in total. The fraction of sp³-hybridized carbons (Fsp3) is 0.467. The molecule has 0 radical (unpaired) electrons. The van der Waals surface area contributed by atoms with Gasteiger partial charge in [-0.1, -0.05) is 12.8 Å². The number of amides is 1. The van der Waals surface area contributed by atoms with Crippen molar-refractivity contribution in [2.45, 2.75) is 25.7 Å². The lowest BCUT2D eigenvalue weighted by Crippen LogP contribution is -2.40. The molecule has 0 aliphatic heterocycles. The normalized spacial score (nSPS) is 16.5. The van der Waals surface area contributed by atoms with Crippen molar-refractivity contribution in [3.63, 3.8) is 0 Å². The van der Waals surface area contributed by atoms with Crippen LogP contribution in [0.5, 0.6) is 5.75 Å². The second kappa shape index (κ2) is 6.13. The maximum atomic E-state index is 12.5. The topological polar surface area (TPSA) is 102 Å². The van der Waals surface area contributed by atoms with Gasteiger partial charge in [-0.3, -0.25) is 4.79 Å². The van der Waals surface area contributed by atoms with Crippen molar-refractivity contribution in [1.82, 2.24) is 0 Å². The van der Waals surface area contributed by atoms with Gasteiger partial charge in [-0.15, -0.1) is 0 Å². The zero-order chi connectivity index (χ0) is 15.5. The van der Waals surface area contributed by atoms with E-state index >= 15 is 0 Å². The molecular formula is C15H20N2O4. The lowest BCUT2D eigenvalue weighted by atomic mass is 9.85. The molecule has 0 unspecified atom stereocenters. The molecule has 1 amide bonds. The summed E-state index contributed by atoms with van der Waals surface area (Å²) in [7, 11) is 1.47. The molecule has 1 fully saturated rings. The average Bonchev–Trinajstić information content (AvgIpc) is 2.97. The highest BCUT2D eigenvalue weighted by Crippen LogP contribution is 2.39. The van der Waals surface area contributed by atoms with Gasteiger partial charge in [-0.2, -0.15) is 0 Å². The molecule has 6 nitrogen and oxygen atoms in total. The van der Waals surface area contributed by atoms with Crippen LogP contribution in [0.4, 0.5) is 5.69 Å². The number of carboxylic acids is 1. The van der Waals surface area contributed by atoms with Gasteiger partial charge in [0.05, 0.1) is 23.8 Å². The molecule has 0 heterocycles. The summed E-state index contributed by atoms with van der Waals surface area (Å²) < 4.78 is 5.17. The lowest BCUT2D eigenvalue weighted by molar-refractivity contribution is -0.124. The van der Waals surface area contributed by atoms with Crippen LogP contribution in [0.3, 0.4) is 0 Å². The number of carbonyl (C=O) groups is 2. The van der Waals surface area contributed by atoms with Crippen LogP contribution in [0.1, 0.15) is 36.0 Å². The number of ether oxygens (including phenoxy) is 1. The maximum absolute atomic E-state index is 12.5. The Hall–Kier alpha value is -2.08. The van der Waals surface area contributed by atoms with E-state index in [0.717, 1.165) is 25.7 Å². The molecule has 21 heavy (non-hydrogen) atoms. The number of hydrogen-bond donors (Lipinski definition) is 3. The van der Waals surface area contributed by atoms with E-state index in [0.29, 0.717) is 18.0 Å². The summed E-state index contributed by atoms with van der Waals surface area (Å²) in [4.78, 5) is 23.6. The standard InChI is InChI=1S/C15H20N2O4/c1-21-12-5-4-10(13(18)19)8-11(12)17-14(20)15(9-16)6-2-3-7-15/h4-5,8H,2-3,6-7,9,16H2,1H3,(H,17,20)(H,18,19). The molecule has 0 atom stereocenters. The largest absolute Gasteiger partial charge is 0.495 e. The third-order valence-electron chi connectivity index (χ3n) is 4.13. The first-order valence-electron chi connectivity index (χ1n) is 6.95. The third-order valence-corrected chi connectivity index (χ3v) is 4.13. The van der Waals surface area contributed by atoms with Crippen molar-refractivity contribution >= 4 is 17.6 Å². The van der Waals surface area contributed by atoms with Crippen molar-refractivity contribution in [3.8, 4) is 5.75 Å². The number of anilines is 1. The Morgan fingerprint density at radius 2 is 2.05 bits per heavy atom. The molecule has 1 aliphatic carbocycles. The number of carboxylic acid groups (broad SMARTS) is 1. The summed E-state index contributed by atoms with van der Waals surface area (Å²) in [6, 6.07) is 4.37. The van der Waals surface area contributed by atoms with Gasteiger partial charge in [0.1, 0.15) is 5.75 Å². The number of nitrogens with two attached hydrogens (primary N) is 1. The van der Waals surface area contributed by atoms with E-state index in [-0.39, 0.29) is 11.5 Å². The Morgan fingerprint density at radius 1 is 1.38 bits per heavy atom. The van der Waals surface area contributed by atoms with Crippen molar-refractivity contribution in [1.29, 1.82) is 0 Å². The Balaban J connectivity index is 2.27. The van der Waals surface area contributed by atoms with E-state index in [9.17, 15) is 9.59 Å². The number of rotatable bonds is 5. The Bertz CT molecular complexity index is 551. The molecular weight excluding hydrogens is 272 g/mol. The van der Waals surface area contributed by atoms with Crippen LogP contribution in [0, 0.1) is 5.41 Å². The van der Waals surface area contributed by atoms with E-state index in [4.69, 9.17) is 15.6 Å². The van der Waals surface area contributed by atoms with Gasteiger partial charge in [0.25, 0.3) is 0 Å². The molecule has 0 bridgehead atoms. The second-order valence-corrected chi connectivity index (χ2v) is 5.37. The molecule has 0 saturated heterocycles. The summed E-state index contributed by atoms with van der Waals surface area (Å²) in [6.45, 7) is 0.291. The molecule has 114 valence electrons. The van der Waals surface area contributed by atoms with E-state index in [2.05, 4.69) is 5.32 Å². The monoisotopic (exact) mass is 292 g/mol. The molecule has 2 rings (SSSR count). The molecule has 0 spiro atoms. The van der Waals surface area contributed by atoms with Crippen LogP contribution in [0.2, 0.25) is 0 Å². The van der Waals surface area contributed by atoms with E-state index in [1.165, 1.54) is 25.3 Å². The SMILES string of the molecule is COc1ccc(C(=O)O)cc1NC(=O)C1(CN)CCCC1. The maximum Gasteiger partial charge on any atom is 0.335 e. The van der Waals surface area contributed by atoms with Crippen molar-refractivity contribution in [2.75, 3.05) is 19.0 Å². The fourth-order valence-electron chi connectivity index (χ4n) is 2.77. The van der Waals surface area contributed by atoms with E-state index in [1.807, 2.05) is 0 Å². The molecule has 1 aromatic rings. The first-order chi connectivity index (χ1) is 10.0.